The first kappa shape index (κ1) is 11.8. The Hall–Kier alpha value is -1.72. The number of hydrogen-bond donors (Lipinski definition) is 1. The maximum Gasteiger partial charge on any atom is 0.255 e. The SMILES string of the molecule is N[C@@H](CN1C(=O)COCC1=O)c1ccccc1. The van der Waals surface area contributed by atoms with Crippen molar-refractivity contribution in [2.45, 2.75) is 6.04 Å². The zero-order chi connectivity index (χ0) is 12.3. The molecule has 1 heterocycles. The summed E-state index contributed by atoms with van der Waals surface area (Å²) >= 11 is 0. The molecule has 1 atom stereocenters. The van der Waals surface area contributed by atoms with Gasteiger partial charge in [0.1, 0.15) is 13.2 Å². The summed E-state index contributed by atoms with van der Waals surface area (Å²) in [5, 5.41) is 0. The van der Waals surface area contributed by atoms with Crippen LogP contribution in [0.5, 0.6) is 0 Å². The number of carbonyl (C=O) groups excluding carboxylic acids is 2. The van der Waals surface area contributed by atoms with Gasteiger partial charge in [-0.15, -0.1) is 0 Å². The van der Waals surface area contributed by atoms with E-state index in [2.05, 4.69) is 0 Å². The normalized spacial score (nSPS) is 18.3. The van der Waals surface area contributed by atoms with Gasteiger partial charge in [0.25, 0.3) is 11.8 Å². The number of nitrogens with two attached hydrogens (primary N) is 1. The summed E-state index contributed by atoms with van der Waals surface area (Å²) in [4.78, 5) is 24.2. The lowest BCUT2D eigenvalue weighted by molar-refractivity contribution is -0.158. The molecule has 1 aliphatic rings. The summed E-state index contributed by atoms with van der Waals surface area (Å²) in [7, 11) is 0. The second kappa shape index (κ2) is 5.07. The number of ether oxygens (including phenoxy) is 1. The van der Waals surface area contributed by atoms with Crippen molar-refractivity contribution in [1.82, 2.24) is 4.90 Å². The van der Waals surface area contributed by atoms with Gasteiger partial charge in [-0.3, -0.25) is 14.5 Å². The molecule has 17 heavy (non-hydrogen) atoms. The lowest BCUT2D eigenvalue weighted by Gasteiger charge is -2.27. The van der Waals surface area contributed by atoms with Crippen molar-refractivity contribution in [2.24, 2.45) is 5.73 Å². The van der Waals surface area contributed by atoms with E-state index in [1.807, 2.05) is 30.3 Å². The minimum absolute atomic E-state index is 0.0484. The molecule has 5 heteroatoms. The third kappa shape index (κ3) is 2.69. The van der Waals surface area contributed by atoms with Crippen molar-refractivity contribution in [2.75, 3.05) is 19.8 Å². The van der Waals surface area contributed by atoms with Gasteiger partial charge in [-0.25, -0.2) is 0 Å². The second-order valence-electron chi connectivity index (χ2n) is 3.91. The van der Waals surface area contributed by atoms with E-state index in [1.54, 1.807) is 0 Å². The molecule has 5 nitrogen and oxygen atoms in total. The largest absolute Gasteiger partial charge is 0.362 e. The fourth-order valence-corrected chi connectivity index (χ4v) is 1.73. The summed E-state index contributed by atoms with van der Waals surface area (Å²) in [6.45, 7) is 0.103. The zero-order valence-electron chi connectivity index (χ0n) is 9.33. The van der Waals surface area contributed by atoms with Crippen molar-refractivity contribution in [3.8, 4) is 0 Å². The highest BCUT2D eigenvalue weighted by molar-refractivity contribution is 5.98. The number of rotatable bonds is 3. The minimum atomic E-state index is -0.359. The van der Waals surface area contributed by atoms with E-state index in [0.717, 1.165) is 5.56 Å². The fraction of sp³-hybridized carbons (Fsp3) is 0.333. The molecule has 0 aliphatic carbocycles. The second-order valence-corrected chi connectivity index (χ2v) is 3.91. The maximum atomic E-state index is 11.5. The average molecular weight is 234 g/mol. The monoisotopic (exact) mass is 234 g/mol. The number of hydrogen-bond acceptors (Lipinski definition) is 4. The highest BCUT2D eigenvalue weighted by Crippen LogP contribution is 2.13. The molecular formula is C12H14N2O3. The van der Waals surface area contributed by atoms with E-state index >= 15 is 0 Å². The van der Waals surface area contributed by atoms with Gasteiger partial charge in [0.15, 0.2) is 0 Å². The van der Waals surface area contributed by atoms with Gasteiger partial charge in [-0.2, -0.15) is 0 Å². The Morgan fingerprint density at radius 2 is 1.76 bits per heavy atom. The first-order valence-electron chi connectivity index (χ1n) is 5.40. The summed E-state index contributed by atoms with van der Waals surface area (Å²) in [5.41, 5.74) is 6.87. The van der Waals surface area contributed by atoms with Crippen molar-refractivity contribution < 1.29 is 14.3 Å². The Balaban J connectivity index is 2.05. The predicted octanol–water partition coefficient (Wildman–Crippen LogP) is 0.0718. The quantitative estimate of drug-likeness (QED) is 0.751. The van der Waals surface area contributed by atoms with Crippen LogP contribution in [0.2, 0.25) is 0 Å². The molecule has 0 unspecified atom stereocenters. The van der Waals surface area contributed by atoms with E-state index in [-0.39, 0.29) is 37.6 Å². The molecular weight excluding hydrogens is 220 g/mol. The van der Waals surface area contributed by atoms with E-state index in [9.17, 15) is 9.59 Å². The van der Waals surface area contributed by atoms with Gasteiger partial charge in [0.2, 0.25) is 0 Å². The summed E-state index contributed by atoms with van der Waals surface area (Å²) < 4.78 is 4.83. The van der Waals surface area contributed by atoms with Crippen LogP contribution in [0.1, 0.15) is 11.6 Å². The highest BCUT2D eigenvalue weighted by Gasteiger charge is 2.28. The van der Waals surface area contributed by atoms with Crippen LogP contribution in [0.25, 0.3) is 0 Å². The Morgan fingerprint density at radius 3 is 2.35 bits per heavy atom. The molecule has 0 bridgehead atoms. The molecule has 1 saturated heterocycles. The molecule has 2 amide bonds. The van der Waals surface area contributed by atoms with Gasteiger partial charge in [-0.05, 0) is 5.56 Å². The molecule has 2 rings (SSSR count). The molecule has 90 valence electrons. The number of nitrogens with zero attached hydrogens (tertiary/aromatic N) is 1. The molecule has 1 fully saturated rings. The van der Waals surface area contributed by atoms with E-state index in [1.165, 1.54) is 4.90 Å². The number of imide groups is 1. The Bertz CT molecular complexity index is 403. The third-order valence-electron chi connectivity index (χ3n) is 2.66. The Morgan fingerprint density at radius 1 is 1.18 bits per heavy atom. The van der Waals surface area contributed by atoms with E-state index in [4.69, 9.17) is 10.5 Å². The standard InChI is InChI=1S/C12H14N2O3/c13-10(9-4-2-1-3-5-9)6-14-11(15)7-17-8-12(14)16/h1-5,10H,6-8,13H2/t10-/m0/s1. The lowest BCUT2D eigenvalue weighted by Crippen LogP contribution is -2.48. The van der Waals surface area contributed by atoms with Crippen molar-refractivity contribution in [3.63, 3.8) is 0 Å². The number of carbonyl (C=O) groups is 2. The van der Waals surface area contributed by atoms with Crippen LogP contribution in [-0.2, 0) is 14.3 Å². The lowest BCUT2D eigenvalue weighted by atomic mass is 10.1. The van der Waals surface area contributed by atoms with Gasteiger partial charge < -0.3 is 10.5 Å². The van der Waals surface area contributed by atoms with E-state index in [0.29, 0.717) is 0 Å². The molecule has 0 aromatic heterocycles. The summed E-state index contributed by atoms with van der Waals surface area (Å²) in [5.74, 6) is -0.653. The zero-order valence-corrected chi connectivity index (χ0v) is 9.33. The van der Waals surface area contributed by atoms with Gasteiger partial charge >= 0.3 is 0 Å². The third-order valence-corrected chi connectivity index (χ3v) is 2.66. The van der Waals surface area contributed by atoms with Crippen LogP contribution >= 0.6 is 0 Å². The minimum Gasteiger partial charge on any atom is -0.362 e. The first-order valence-corrected chi connectivity index (χ1v) is 5.40. The van der Waals surface area contributed by atoms with Crippen molar-refractivity contribution in [3.05, 3.63) is 35.9 Å². The Kier molecular flexibility index (Phi) is 3.51. The van der Waals surface area contributed by atoms with Gasteiger partial charge in [0.05, 0.1) is 0 Å². The van der Waals surface area contributed by atoms with Crippen LogP contribution in [0.3, 0.4) is 0 Å². The average Bonchev–Trinajstić information content (AvgIpc) is 2.35. The van der Waals surface area contributed by atoms with Crippen LogP contribution in [-0.4, -0.2) is 36.5 Å². The predicted molar refractivity (Wildman–Crippen MR) is 60.9 cm³/mol. The van der Waals surface area contributed by atoms with Crippen LogP contribution in [0, 0.1) is 0 Å². The van der Waals surface area contributed by atoms with E-state index < -0.39 is 0 Å². The van der Waals surface area contributed by atoms with Crippen molar-refractivity contribution in [1.29, 1.82) is 0 Å². The van der Waals surface area contributed by atoms with Crippen LogP contribution < -0.4 is 5.73 Å². The molecule has 0 radical (unpaired) electrons. The topological polar surface area (TPSA) is 72.6 Å². The molecule has 1 aliphatic heterocycles. The fourth-order valence-electron chi connectivity index (χ4n) is 1.73. The first-order chi connectivity index (χ1) is 8.18. The van der Waals surface area contributed by atoms with Gasteiger partial charge in [0, 0.05) is 12.6 Å². The Labute approximate surface area is 99.2 Å². The summed E-state index contributed by atoms with van der Waals surface area (Å²) in [6, 6.07) is 9.03. The molecule has 0 spiro atoms. The number of amides is 2. The smallest absolute Gasteiger partial charge is 0.255 e. The number of benzene rings is 1. The van der Waals surface area contributed by atoms with Crippen LogP contribution in [0.4, 0.5) is 0 Å². The molecule has 1 aromatic rings. The van der Waals surface area contributed by atoms with Gasteiger partial charge in [-0.1, -0.05) is 30.3 Å². The van der Waals surface area contributed by atoms with Crippen molar-refractivity contribution >= 4 is 11.8 Å². The van der Waals surface area contributed by atoms with Crippen LogP contribution in [0.15, 0.2) is 30.3 Å². The molecule has 1 aromatic carbocycles. The molecule has 0 saturated carbocycles. The number of morpholine rings is 1. The highest BCUT2D eigenvalue weighted by atomic mass is 16.5. The summed E-state index contributed by atoms with van der Waals surface area (Å²) in [6.07, 6.45) is 0. The maximum absolute atomic E-state index is 11.5. The molecule has 2 N–H and O–H groups in total.